The summed E-state index contributed by atoms with van der Waals surface area (Å²) in [6.45, 7) is 4.38. The summed E-state index contributed by atoms with van der Waals surface area (Å²) in [5, 5.41) is 13.5. The number of nitrogens with one attached hydrogen (secondary N) is 3. The second-order valence-electron chi connectivity index (χ2n) is 4.30. The fourth-order valence-corrected chi connectivity index (χ4v) is 2.12. The zero-order chi connectivity index (χ0) is 13.2. The van der Waals surface area contributed by atoms with Crippen LogP contribution in [0.2, 0.25) is 0 Å². The highest BCUT2D eigenvalue weighted by Gasteiger charge is 2.21. The molecular formula is C11H15N7O. The minimum Gasteiger partial charge on any atom is -0.354 e. The van der Waals surface area contributed by atoms with Crippen LogP contribution in [0.15, 0.2) is 6.20 Å². The van der Waals surface area contributed by atoms with Crippen molar-refractivity contribution in [2.45, 2.75) is 6.92 Å². The third-order valence-electron chi connectivity index (χ3n) is 2.96. The van der Waals surface area contributed by atoms with Gasteiger partial charge in [0.2, 0.25) is 11.9 Å². The molecule has 0 radical (unpaired) electrons. The molecule has 8 heteroatoms. The van der Waals surface area contributed by atoms with E-state index in [1.165, 1.54) is 0 Å². The van der Waals surface area contributed by atoms with Crippen LogP contribution in [-0.2, 0) is 4.79 Å². The van der Waals surface area contributed by atoms with Crippen LogP contribution in [0.4, 0.5) is 11.8 Å². The molecular weight excluding hydrogens is 246 g/mol. The van der Waals surface area contributed by atoms with E-state index in [0.29, 0.717) is 24.7 Å². The van der Waals surface area contributed by atoms with Crippen molar-refractivity contribution in [3.8, 4) is 0 Å². The van der Waals surface area contributed by atoms with Crippen LogP contribution in [-0.4, -0.2) is 52.3 Å². The van der Waals surface area contributed by atoms with E-state index >= 15 is 0 Å². The van der Waals surface area contributed by atoms with Gasteiger partial charge < -0.3 is 15.5 Å². The van der Waals surface area contributed by atoms with E-state index in [1.807, 2.05) is 11.8 Å². The van der Waals surface area contributed by atoms with Gasteiger partial charge in [-0.05, 0) is 6.92 Å². The highest BCUT2D eigenvalue weighted by molar-refractivity contribution is 5.91. The largest absolute Gasteiger partial charge is 0.354 e. The second kappa shape index (κ2) is 4.71. The molecule has 1 aliphatic heterocycles. The van der Waals surface area contributed by atoms with Gasteiger partial charge in [-0.15, -0.1) is 0 Å². The monoisotopic (exact) mass is 261 g/mol. The highest BCUT2D eigenvalue weighted by atomic mass is 16.2. The maximum atomic E-state index is 11.5. The number of carbonyl (C=O) groups excluding carboxylic acids is 1. The molecule has 0 aromatic carbocycles. The number of aromatic nitrogens is 4. The van der Waals surface area contributed by atoms with Crippen molar-refractivity contribution < 1.29 is 4.79 Å². The Kier molecular flexibility index (Phi) is 2.90. The van der Waals surface area contributed by atoms with Crippen LogP contribution in [0.3, 0.4) is 0 Å². The van der Waals surface area contributed by atoms with E-state index < -0.39 is 0 Å². The maximum absolute atomic E-state index is 11.5. The average molecular weight is 261 g/mol. The van der Waals surface area contributed by atoms with E-state index in [4.69, 9.17) is 0 Å². The number of fused-ring (bicyclic) bond motifs is 1. The van der Waals surface area contributed by atoms with Crippen molar-refractivity contribution in [2.75, 3.05) is 36.4 Å². The fraction of sp³-hybridized carbons (Fsp3) is 0.455. The van der Waals surface area contributed by atoms with Gasteiger partial charge in [0, 0.05) is 19.6 Å². The number of nitrogens with zero attached hydrogens (tertiary/aromatic N) is 4. The Morgan fingerprint density at radius 2 is 2.37 bits per heavy atom. The first-order valence-electron chi connectivity index (χ1n) is 6.24. The van der Waals surface area contributed by atoms with E-state index in [-0.39, 0.29) is 5.91 Å². The number of aromatic amines is 1. The molecule has 8 nitrogen and oxygen atoms in total. The zero-order valence-corrected chi connectivity index (χ0v) is 10.6. The van der Waals surface area contributed by atoms with Crippen molar-refractivity contribution in [2.24, 2.45) is 0 Å². The number of carbonyl (C=O) groups is 1. The molecule has 1 saturated heterocycles. The number of amides is 1. The first-order chi connectivity index (χ1) is 9.28. The summed E-state index contributed by atoms with van der Waals surface area (Å²) in [6, 6.07) is 0. The molecule has 19 heavy (non-hydrogen) atoms. The number of anilines is 2. The van der Waals surface area contributed by atoms with E-state index in [1.54, 1.807) is 6.20 Å². The predicted molar refractivity (Wildman–Crippen MR) is 71.1 cm³/mol. The van der Waals surface area contributed by atoms with Gasteiger partial charge in [-0.2, -0.15) is 15.1 Å². The average Bonchev–Trinajstić information content (AvgIpc) is 2.86. The van der Waals surface area contributed by atoms with Gasteiger partial charge >= 0.3 is 0 Å². The predicted octanol–water partition coefficient (Wildman–Crippen LogP) is -0.279. The Morgan fingerprint density at radius 1 is 1.47 bits per heavy atom. The van der Waals surface area contributed by atoms with Gasteiger partial charge in [0.05, 0.1) is 18.1 Å². The third-order valence-corrected chi connectivity index (χ3v) is 2.96. The first kappa shape index (κ1) is 11.7. The van der Waals surface area contributed by atoms with Crippen LogP contribution >= 0.6 is 0 Å². The molecule has 3 rings (SSSR count). The number of piperazine rings is 1. The smallest absolute Gasteiger partial charge is 0.239 e. The molecule has 1 amide bonds. The first-order valence-corrected chi connectivity index (χ1v) is 6.24. The van der Waals surface area contributed by atoms with Crippen molar-refractivity contribution in [1.29, 1.82) is 0 Å². The molecule has 0 spiro atoms. The lowest BCUT2D eigenvalue weighted by atomic mass is 10.3. The van der Waals surface area contributed by atoms with Crippen molar-refractivity contribution in [1.82, 2.24) is 25.5 Å². The summed E-state index contributed by atoms with van der Waals surface area (Å²) in [5.41, 5.74) is 0.673. The summed E-state index contributed by atoms with van der Waals surface area (Å²) < 4.78 is 0. The highest BCUT2D eigenvalue weighted by Crippen LogP contribution is 2.24. The number of hydrogen-bond acceptors (Lipinski definition) is 6. The van der Waals surface area contributed by atoms with Crippen LogP contribution in [0.25, 0.3) is 11.0 Å². The second-order valence-corrected chi connectivity index (χ2v) is 4.30. The molecule has 0 atom stereocenters. The lowest BCUT2D eigenvalue weighted by Gasteiger charge is -2.28. The summed E-state index contributed by atoms with van der Waals surface area (Å²) in [6.07, 6.45) is 1.69. The van der Waals surface area contributed by atoms with Crippen LogP contribution in [0.5, 0.6) is 0 Å². The van der Waals surface area contributed by atoms with Crippen LogP contribution in [0.1, 0.15) is 6.92 Å². The lowest BCUT2D eigenvalue weighted by molar-refractivity contribution is -0.120. The summed E-state index contributed by atoms with van der Waals surface area (Å²) in [7, 11) is 0. The van der Waals surface area contributed by atoms with E-state index in [0.717, 1.165) is 24.3 Å². The van der Waals surface area contributed by atoms with E-state index in [2.05, 4.69) is 30.8 Å². The van der Waals surface area contributed by atoms with Crippen LogP contribution in [0, 0.1) is 0 Å². The van der Waals surface area contributed by atoms with Crippen molar-refractivity contribution >= 4 is 28.7 Å². The standard InChI is InChI=1S/C11H15N7O/c1-2-12-11-15-9-7(5-14-17-9)10(16-11)18-4-3-13-8(19)6-18/h5H,2-4,6H2,1H3,(H,13,19)(H2,12,14,15,16,17). The molecule has 2 aromatic heterocycles. The van der Waals surface area contributed by atoms with Crippen LogP contribution < -0.4 is 15.5 Å². The minimum absolute atomic E-state index is 0.00603. The van der Waals surface area contributed by atoms with E-state index in [9.17, 15) is 4.79 Å². The van der Waals surface area contributed by atoms with Gasteiger partial charge in [-0.25, -0.2) is 0 Å². The SMILES string of the molecule is CCNc1nc(N2CCNC(=O)C2)c2cn[nH]c2n1. The Morgan fingerprint density at radius 3 is 3.16 bits per heavy atom. The summed E-state index contributed by atoms with van der Waals surface area (Å²) in [4.78, 5) is 22.3. The number of rotatable bonds is 3. The Labute approximate surface area is 109 Å². The van der Waals surface area contributed by atoms with Gasteiger partial charge in [0.15, 0.2) is 5.65 Å². The number of hydrogen-bond donors (Lipinski definition) is 3. The minimum atomic E-state index is 0.00603. The maximum Gasteiger partial charge on any atom is 0.239 e. The Balaban J connectivity index is 2.04. The van der Waals surface area contributed by atoms with Gasteiger partial charge in [-0.3, -0.25) is 9.89 Å². The normalized spacial score (nSPS) is 15.6. The molecule has 0 bridgehead atoms. The molecule has 3 heterocycles. The topological polar surface area (TPSA) is 98.8 Å². The summed E-state index contributed by atoms with van der Waals surface area (Å²) >= 11 is 0. The molecule has 3 N–H and O–H groups in total. The van der Waals surface area contributed by atoms with Crippen molar-refractivity contribution in [3.05, 3.63) is 6.20 Å². The molecule has 0 saturated carbocycles. The zero-order valence-electron chi connectivity index (χ0n) is 10.6. The third kappa shape index (κ3) is 2.16. The van der Waals surface area contributed by atoms with Gasteiger partial charge in [0.1, 0.15) is 5.82 Å². The molecule has 2 aromatic rings. The number of H-pyrrole nitrogens is 1. The molecule has 1 fully saturated rings. The summed E-state index contributed by atoms with van der Waals surface area (Å²) in [5.74, 6) is 1.29. The Hall–Kier alpha value is -2.38. The molecule has 1 aliphatic rings. The molecule has 0 unspecified atom stereocenters. The lowest BCUT2D eigenvalue weighted by Crippen LogP contribution is -2.48. The van der Waals surface area contributed by atoms with Gasteiger partial charge in [0.25, 0.3) is 0 Å². The quantitative estimate of drug-likeness (QED) is 0.703. The van der Waals surface area contributed by atoms with Gasteiger partial charge in [-0.1, -0.05) is 0 Å². The molecule has 100 valence electrons. The fourth-order valence-electron chi connectivity index (χ4n) is 2.12. The Bertz CT molecular complexity index is 608. The van der Waals surface area contributed by atoms with Crippen molar-refractivity contribution in [3.63, 3.8) is 0 Å². The molecule has 0 aliphatic carbocycles.